The highest BCUT2D eigenvalue weighted by Gasteiger charge is 2.08. The summed E-state index contributed by atoms with van der Waals surface area (Å²) >= 11 is 1.45. The molecular formula is C23H24N2O2S. The molecule has 0 aliphatic rings. The molecule has 0 bridgehead atoms. The average molecular weight is 393 g/mol. The van der Waals surface area contributed by atoms with Crippen molar-refractivity contribution in [3.8, 4) is 0 Å². The molecule has 2 N–H and O–H groups in total. The molecule has 0 radical (unpaired) electrons. The predicted octanol–water partition coefficient (Wildman–Crippen LogP) is 5.70. The van der Waals surface area contributed by atoms with Crippen LogP contribution in [0.1, 0.15) is 26.2 Å². The van der Waals surface area contributed by atoms with Gasteiger partial charge in [0.1, 0.15) is 0 Å². The molecule has 0 saturated heterocycles. The van der Waals surface area contributed by atoms with Crippen molar-refractivity contribution in [2.45, 2.75) is 31.1 Å². The number of anilines is 2. The number of rotatable bonds is 8. The molecule has 0 unspecified atom stereocenters. The molecule has 0 aliphatic carbocycles. The highest BCUT2D eigenvalue weighted by atomic mass is 32.2. The van der Waals surface area contributed by atoms with E-state index >= 15 is 0 Å². The summed E-state index contributed by atoms with van der Waals surface area (Å²) in [6, 6.07) is 21.5. The number of carbonyl (C=O) groups excluding carboxylic acids is 2. The van der Waals surface area contributed by atoms with Crippen molar-refractivity contribution in [3.05, 3.63) is 66.7 Å². The lowest BCUT2D eigenvalue weighted by Crippen LogP contribution is -2.14. The summed E-state index contributed by atoms with van der Waals surface area (Å²) in [5.74, 6) is 0.271. The van der Waals surface area contributed by atoms with Gasteiger partial charge in [-0.05, 0) is 36.1 Å². The predicted molar refractivity (Wildman–Crippen MR) is 118 cm³/mol. The molecule has 3 aromatic carbocycles. The Morgan fingerprint density at radius 1 is 0.893 bits per heavy atom. The van der Waals surface area contributed by atoms with Crippen molar-refractivity contribution in [2.24, 2.45) is 0 Å². The van der Waals surface area contributed by atoms with Crippen molar-refractivity contribution in [2.75, 3.05) is 16.4 Å². The van der Waals surface area contributed by atoms with E-state index in [9.17, 15) is 9.59 Å². The highest BCUT2D eigenvalue weighted by molar-refractivity contribution is 8.00. The maximum Gasteiger partial charge on any atom is 0.234 e. The minimum Gasteiger partial charge on any atom is -0.326 e. The van der Waals surface area contributed by atoms with E-state index < -0.39 is 0 Å². The van der Waals surface area contributed by atoms with Gasteiger partial charge in [-0.15, -0.1) is 11.8 Å². The molecule has 0 heterocycles. The molecule has 5 heteroatoms. The Morgan fingerprint density at radius 2 is 1.68 bits per heavy atom. The van der Waals surface area contributed by atoms with E-state index in [-0.39, 0.29) is 11.8 Å². The van der Waals surface area contributed by atoms with E-state index in [1.54, 1.807) is 0 Å². The van der Waals surface area contributed by atoms with Gasteiger partial charge in [-0.3, -0.25) is 9.59 Å². The van der Waals surface area contributed by atoms with E-state index in [0.717, 1.165) is 39.9 Å². The van der Waals surface area contributed by atoms with Gasteiger partial charge in [-0.2, -0.15) is 0 Å². The number of hydrogen-bond acceptors (Lipinski definition) is 3. The number of fused-ring (bicyclic) bond motifs is 1. The van der Waals surface area contributed by atoms with E-state index in [1.165, 1.54) is 11.8 Å². The number of carbonyl (C=O) groups is 2. The van der Waals surface area contributed by atoms with Crippen LogP contribution in [0.3, 0.4) is 0 Å². The Balaban J connectivity index is 1.57. The third-order valence-electron chi connectivity index (χ3n) is 4.31. The van der Waals surface area contributed by atoms with Gasteiger partial charge in [-0.1, -0.05) is 55.8 Å². The van der Waals surface area contributed by atoms with Crippen molar-refractivity contribution in [1.82, 2.24) is 0 Å². The van der Waals surface area contributed by atoms with Crippen LogP contribution >= 0.6 is 11.8 Å². The molecule has 3 rings (SSSR count). The molecule has 3 aromatic rings. The summed E-state index contributed by atoms with van der Waals surface area (Å²) in [4.78, 5) is 25.2. The van der Waals surface area contributed by atoms with E-state index in [0.29, 0.717) is 12.2 Å². The largest absolute Gasteiger partial charge is 0.326 e. The summed E-state index contributed by atoms with van der Waals surface area (Å²) < 4.78 is 0. The maximum atomic E-state index is 12.4. The monoisotopic (exact) mass is 392 g/mol. The van der Waals surface area contributed by atoms with Crippen LogP contribution < -0.4 is 10.6 Å². The van der Waals surface area contributed by atoms with Gasteiger partial charge < -0.3 is 10.6 Å². The first kappa shape index (κ1) is 20.0. The molecule has 2 amide bonds. The van der Waals surface area contributed by atoms with Crippen LogP contribution in [0.5, 0.6) is 0 Å². The summed E-state index contributed by atoms with van der Waals surface area (Å²) in [5.41, 5.74) is 1.58. The van der Waals surface area contributed by atoms with E-state index in [2.05, 4.69) is 17.6 Å². The van der Waals surface area contributed by atoms with Crippen molar-refractivity contribution in [3.63, 3.8) is 0 Å². The number of amides is 2. The fraction of sp³-hybridized carbons (Fsp3) is 0.217. The summed E-state index contributed by atoms with van der Waals surface area (Å²) in [7, 11) is 0. The van der Waals surface area contributed by atoms with Gasteiger partial charge in [0, 0.05) is 28.1 Å². The molecule has 0 aromatic heterocycles. The average Bonchev–Trinajstić information content (AvgIpc) is 2.71. The highest BCUT2D eigenvalue weighted by Crippen LogP contribution is 2.25. The number of hydrogen-bond donors (Lipinski definition) is 2. The second-order valence-electron chi connectivity index (χ2n) is 6.54. The third kappa shape index (κ3) is 5.60. The van der Waals surface area contributed by atoms with E-state index in [1.807, 2.05) is 66.7 Å². The minimum atomic E-state index is -0.0567. The molecule has 0 atom stereocenters. The Kier molecular flexibility index (Phi) is 7.09. The van der Waals surface area contributed by atoms with E-state index in [4.69, 9.17) is 0 Å². The minimum absolute atomic E-state index is 0.0256. The zero-order valence-electron chi connectivity index (χ0n) is 15.9. The van der Waals surface area contributed by atoms with Gasteiger partial charge in [0.05, 0.1) is 5.75 Å². The van der Waals surface area contributed by atoms with Crippen LogP contribution in [0.2, 0.25) is 0 Å². The van der Waals surface area contributed by atoms with Crippen molar-refractivity contribution < 1.29 is 9.59 Å². The second kappa shape index (κ2) is 9.95. The molecule has 0 saturated carbocycles. The Bertz CT molecular complexity index is 966. The first-order valence-electron chi connectivity index (χ1n) is 9.46. The standard InChI is InChI=1S/C23H24N2O2S/c1-2-3-14-22(26)24-18-10-7-11-19(15-18)28-16-23(27)25-21-13-6-9-17-8-4-5-12-20(17)21/h4-13,15H,2-3,14,16H2,1H3,(H,24,26)(H,25,27). The fourth-order valence-electron chi connectivity index (χ4n) is 2.89. The lowest BCUT2D eigenvalue weighted by Gasteiger charge is -2.09. The maximum absolute atomic E-state index is 12.4. The van der Waals surface area contributed by atoms with Crippen LogP contribution in [0.4, 0.5) is 11.4 Å². The summed E-state index contributed by atoms with van der Waals surface area (Å²) in [5, 5.41) is 8.03. The van der Waals surface area contributed by atoms with Gasteiger partial charge in [0.25, 0.3) is 0 Å². The quantitative estimate of drug-likeness (QED) is 0.484. The molecular weight excluding hydrogens is 368 g/mol. The lowest BCUT2D eigenvalue weighted by molar-refractivity contribution is -0.116. The number of benzene rings is 3. The zero-order valence-corrected chi connectivity index (χ0v) is 16.7. The molecule has 28 heavy (non-hydrogen) atoms. The van der Waals surface area contributed by atoms with Crippen LogP contribution in [0.25, 0.3) is 10.8 Å². The second-order valence-corrected chi connectivity index (χ2v) is 7.59. The Morgan fingerprint density at radius 3 is 2.54 bits per heavy atom. The topological polar surface area (TPSA) is 58.2 Å². The van der Waals surface area contributed by atoms with Gasteiger partial charge >= 0.3 is 0 Å². The summed E-state index contributed by atoms with van der Waals surface area (Å²) in [6.45, 7) is 2.06. The van der Waals surface area contributed by atoms with Gasteiger partial charge in [0.2, 0.25) is 11.8 Å². The first-order chi connectivity index (χ1) is 13.7. The molecule has 0 aliphatic heterocycles. The smallest absolute Gasteiger partial charge is 0.234 e. The molecule has 0 spiro atoms. The van der Waals surface area contributed by atoms with Gasteiger partial charge in [-0.25, -0.2) is 0 Å². The SMILES string of the molecule is CCCCC(=O)Nc1cccc(SCC(=O)Nc2cccc3ccccc23)c1. The van der Waals surface area contributed by atoms with Crippen LogP contribution in [0, 0.1) is 0 Å². The molecule has 4 nitrogen and oxygen atoms in total. The Labute approximate surface area is 169 Å². The fourth-order valence-corrected chi connectivity index (χ4v) is 3.65. The first-order valence-corrected chi connectivity index (χ1v) is 10.4. The zero-order chi connectivity index (χ0) is 19.8. The van der Waals surface area contributed by atoms with Crippen LogP contribution in [-0.4, -0.2) is 17.6 Å². The molecule has 144 valence electrons. The van der Waals surface area contributed by atoms with Gasteiger partial charge in [0.15, 0.2) is 0 Å². The van der Waals surface area contributed by atoms with Crippen LogP contribution in [0.15, 0.2) is 71.6 Å². The normalized spacial score (nSPS) is 10.6. The number of thioether (sulfide) groups is 1. The Hall–Kier alpha value is -2.79. The number of unbranched alkanes of at least 4 members (excludes halogenated alkanes) is 1. The summed E-state index contributed by atoms with van der Waals surface area (Å²) in [6.07, 6.45) is 2.41. The third-order valence-corrected chi connectivity index (χ3v) is 5.30. The lowest BCUT2D eigenvalue weighted by atomic mass is 10.1. The molecule has 0 fully saturated rings. The van der Waals surface area contributed by atoms with Crippen LogP contribution in [-0.2, 0) is 9.59 Å². The van der Waals surface area contributed by atoms with Crippen molar-refractivity contribution >= 4 is 45.7 Å². The van der Waals surface area contributed by atoms with Crippen molar-refractivity contribution in [1.29, 1.82) is 0 Å². The number of nitrogens with one attached hydrogen (secondary N) is 2.